The van der Waals surface area contributed by atoms with Crippen LogP contribution in [-0.2, 0) is 6.54 Å². The second-order valence-corrected chi connectivity index (χ2v) is 6.41. The lowest BCUT2D eigenvalue weighted by molar-refractivity contribution is -0.697. The zero-order valence-electron chi connectivity index (χ0n) is 11.0. The van der Waals surface area contributed by atoms with Crippen molar-refractivity contribution in [2.45, 2.75) is 19.9 Å². The average molecular weight is 461 g/mol. The number of aryl methyl sites for hydroxylation is 1. The minimum atomic E-state index is 0. The minimum Gasteiger partial charge on any atom is -1.00 e. The highest BCUT2D eigenvalue weighted by Gasteiger charge is 2.11. The molecular weight excluding hydrogens is 447 g/mol. The van der Waals surface area contributed by atoms with Gasteiger partial charge in [0, 0.05) is 6.42 Å². The molecule has 0 spiro atoms. The maximum absolute atomic E-state index is 4.71. The molecule has 104 valence electrons. The second kappa shape index (κ2) is 6.95. The molecule has 0 fully saturated rings. The molecule has 2 aromatic heterocycles. The van der Waals surface area contributed by atoms with Gasteiger partial charge in [-0.15, -0.1) is 11.3 Å². The Kier molecular flexibility index (Phi) is 5.51. The summed E-state index contributed by atoms with van der Waals surface area (Å²) in [6.07, 6.45) is 5.41. The third-order valence-electron chi connectivity index (χ3n) is 2.91. The lowest BCUT2D eigenvalue weighted by atomic mass is 10.3. The van der Waals surface area contributed by atoms with E-state index in [4.69, 9.17) is 4.98 Å². The molecule has 0 saturated heterocycles. The third-order valence-corrected chi connectivity index (χ3v) is 4.43. The lowest BCUT2D eigenvalue weighted by Gasteiger charge is -1.98. The van der Waals surface area contributed by atoms with E-state index in [9.17, 15) is 0 Å². The van der Waals surface area contributed by atoms with Crippen molar-refractivity contribution in [3.63, 3.8) is 0 Å². The van der Waals surface area contributed by atoms with Crippen molar-refractivity contribution < 1.29 is 28.5 Å². The number of hydrogen-bond acceptors (Lipinski definition) is 2. The Morgan fingerprint density at radius 2 is 2.05 bits per heavy atom. The molecule has 0 unspecified atom stereocenters. The van der Waals surface area contributed by atoms with Crippen molar-refractivity contribution in [3.05, 3.63) is 47.2 Å². The Morgan fingerprint density at radius 1 is 1.25 bits per heavy atom. The third kappa shape index (κ3) is 3.38. The first-order chi connectivity index (χ1) is 9.26. The molecule has 2 heterocycles. The Hall–Kier alpha value is -0.530. The van der Waals surface area contributed by atoms with Crippen molar-refractivity contribution in [2.24, 2.45) is 0 Å². The highest BCUT2D eigenvalue weighted by Crippen LogP contribution is 2.30. The van der Waals surface area contributed by atoms with Crippen LogP contribution in [0.15, 0.2) is 47.2 Å². The summed E-state index contributed by atoms with van der Waals surface area (Å²) < 4.78 is 4.54. The molecule has 20 heavy (non-hydrogen) atoms. The molecule has 0 amide bonds. The smallest absolute Gasteiger partial charge is 0.183 e. The average Bonchev–Trinajstić information content (AvgIpc) is 2.82. The summed E-state index contributed by atoms with van der Waals surface area (Å²) in [4.78, 5) is 4.71. The van der Waals surface area contributed by atoms with Gasteiger partial charge in [-0.1, -0.05) is 19.1 Å². The van der Waals surface area contributed by atoms with Crippen molar-refractivity contribution in [2.75, 3.05) is 0 Å². The standard InChI is InChI=1S/C15H14BrN2S.HI/c1-2-7-18-9-11(8-12(16)10-18)15-17-13-5-3-4-6-14(13)19-15;/h3-6,8-10H,2,7H2,1H3;1H/q+1;/p-1. The van der Waals surface area contributed by atoms with E-state index in [0.717, 1.165) is 28.0 Å². The number of hydrogen-bond donors (Lipinski definition) is 0. The first kappa shape index (κ1) is 15.9. The monoisotopic (exact) mass is 460 g/mol. The molecule has 0 atom stereocenters. The quantitative estimate of drug-likeness (QED) is 0.426. The van der Waals surface area contributed by atoms with Crippen molar-refractivity contribution in [1.29, 1.82) is 0 Å². The number of fused-ring (bicyclic) bond motifs is 1. The topological polar surface area (TPSA) is 16.8 Å². The Morgan fingerprint density at radius 3 is 2.80 bits per heavy atom. The van der Waals surface area contributed by atoms with Crippen LogP contribution in [0.2, 0.25) is 0 Å². The van der Waals surface area contributed by atoms with Crippen LogP contribution in [0.25, 0.3) is 20.8 Å². The molecule has 3 rings (SSSR count). The molecule has 2 nitrogen and oxygen atoms in total. The van der Waals surface area contributed by atoms with E-state index in [-0.39, 0.29) is 24.0 Å². The Bertz CT molecular complexity index is 694. The van der Waals surface area contributed by atoms with Gasteiger partial charge in [-0.2, -0.15) is 0 Å². The number of nitrogens with zero attached hydrogens (tertiary/aromatic N) is 2. The molecule has 0 aliphatic heterocycles. The fraction of sp³-hybridized carbons (Fsp3) is 0.200. The van der Waals surface area contributed by atoms with Crippen LogP contribution in [0.3, 0.4) is 0 Å². The predicted octanol–water partition coefficient (Wildman–Crippen LogP) is 1.43. The van der Waals surface area contributed by atoms with Gasteiger partial charge in [0.25, 0.3) is 0 Å². The van der Waals surface area contributed by atoms with Gasteiger partial charge in [0.05, 0.1) is 20.3 Å². The van der Waals surface area contributed by atoms with Crippen LogP contribution in [0, 0.1) is 0 Å². The fourth-order valence-electron chi connectivity index (χ4n) is 2.10. The molecule has 0 radical (unpaired) electrons. The summed E-state index contributed by atoms with van der Waals surface area (Å²) in [5, 5.41) is 1.08. The first-order valence-corrected chi connectivity index (χ1v) is 7.93. The van der Waals surface area contributed by atoms with Gasteiger partial charge in [-0.25, -0.2) is 9.55 Å². The van der Waals surface area contributed by atoms with Crippen molar-refractivity contribution in [3.8, 4) is 10.6 Å². The summed E-state index contributed by atoms with van der Waals surface area (Å²) >= 11 is 5.32. The number of para-hydroxylation sites is 1. The predicted molar refractivity (Wildman–Crippen MR) is 83.2 cm³/mol. The maximum Gasteiger partial charge on any atom is 0.183 e. The van der Waals surface area contributed by atoms with Gasteiger partial charge in [0.15, 0.2) is 12.4 Å². The van der Waals surface area contributed by atoms with Gasteiger partial charge in [-0.05, 0) is 34.1 Å². The van der Waals surface area contributed by atoms with Crippen LogP contribution in [0.4, 0.5) is 0 Å². The van der Waals surface area contributed by atoms with Crippen LogP contribution in [0.1, 0.15) is 13.3 Å². The van der Waals surface area contributed by atoms with Crippen LogP contribution in [0.5, 0.6) is 0 Å². The molecule has 0 aliphatic rings. The van der Waals surface area contributed by atoms with E-state index in [1.807, 2.05) is 6.07 Å². The van der Waals surface area contributed by atoms with Gasteiger partial charge in [-0.3, -0.25) is 0 Å². The molecule has 1 aromatic carbocycles. The van der Waals surface area contributed by atoms with Gasteiger partial charge >= 0.3 is 0 Å². The van der Waals surface area contributed by atoms with E-state index in [0.29, 0.717) is 0 Å². The number of aromatic nitrogens is 2. The highest BCUT2D eigenvalue weighted by molar-refractivity contribution is 9.10. The molecule has 0 N–H and O–H groups in total. The normalized spacial score (nSPS) is 10.5. The van der Waals surface area contributed by atoms with E-state index in [1.165, 1.54) is 10.3 Å². The molecular formula is C15H14BrIN2S. The molecule has 5 heteroatoms. The Labute approximate surface area is 148 Å². The van der Waals surface area contributed by atoms with Crippen LogP contribution >= 0.6 is 27.3 Å². The van der Waals surface area contributed by atoms with E-state index in [2.05, 4.69) is 64.1 Å². The van der Waals surface area contributed by atoms with Crippen molar-refractivity contribution >= 4 is 37.5 Å². The van der Waals surface area contributed by atoms with Gasteiger partial charge < -0.3 is 24.0 Å². The summed E-state index contributed by atoms with van der Waals surface area (Å²) in [6, 6.07) is 10.4. The zero-order valence-corrected chi connectivity index (χ0v) is 15.6. The van der Waals surface area contributed by atoms with Crippen molar-refractivity contribution in [1.82, 2.24) is 4.98 Å². The summed E-state index contributed by atoms with van der Waals surface area (Å²) in [5.41, 5.74) is 2.24. The molecule has 0 aliphatic carbocycles. The Balaban J connectivity index is 0.00000147. The van der Waals surface area contributed by atoms with E-state index < -0.39 is 0 Å². The van der Waals surface area contributed by atoms with Gasteiger partial charge in [0.2, 0.25) is 0 Å². The summed E-state index contributed by atoms with van der Waals surface area (Å²) in [7, 11) is 0. The minimum absolute atomic E-state index is 0. The zero-order chi connectivity index (χ0) is 13.2. The second-order valence-electron chi connectivity index (χ2n) is 4.47. The highest BCUT2D eigenvalue weighted by atomic mass is 127. The molecule has 3 aromatic rings. The van der Waals surface area contributed by atoms with E-state index in [1.54, 1.807) is 11.3 Å². The number of thiazole rings is 1. The SMILES string of the molecule is CCC[n+]1cc(Br)cc(-c2nc3ccccc3s2)c1.[I-]. The number of halogens is 2. The molecule has 0 bridgehead atoms. The first-order valence-electron chi connectivity index (χ1n) is 6.32. The maximum atomic E-state index is 4.71. The lowest BCUT2D eigenvalue weighted by Crippen LogP contribution is -3.00. The van der Waals surface area contributed by atoms with Gasteiger partial charge in [0.1, 0.15) is 11.6 Å². The number of pyridine rings is 1. The fourth-order valence-corrected chi connectivity index (χ4v) is 3.55. The summed E-state index contributed by atoms with van der Waals surface area (Å²) in [6.45, 7) is 3.21. The van der Waals surface area contributed by atoms with E-state index >= 15 is 0 Å². The molecule has 0 saturated carbocycles. The number of benzene rings is 1. The number of rotatable bonds is 3. The largest absolute Gasteiger partial charge is 1.00 e. The van der Waals surface area contributed by atoms with Crippen LogP contribution < -0.4 is 28.5 Å². The summed E-state index contributed by atoms with van der Waals surface area (Å²) in [5.74, 6) is 0. The van der Waals surface area contributed by atoms with Crippen LogP contribution in [-0.4, -0.2) is 4.98 Å².